The van der Waals surface area contributed by atoms with Crippen molar-refractivity contribution in [1.29, 1.82) is 0 Å². The summed E-state index contributed by atoms with van der Waals surface area (Å²) in [4.78, 5) is 15.2. The van der Waals surface area contributed by atoms with Crippen LogP contribution in [0.1, 0.15) is 0 Å². The molecule has 0 atom stereocenters. The third kappa shape index (κ3) is 5.21. The minimum absolute atomic E-state index is 0.619. The number of benzene rings is 8. The van der Waals surface area contributed by atoms with Gasteiger partial charge in [0.15, 0.2) is 17.5 Å². The lowest BCUT2D eigenvalue weighted by Gasteiger charge is -2.17. The Hall–Kier alpha value is -7.63. The van der Waals surface area contributed by atoms with Gasteiger partial charge in [-0.1, -0.05) is 164 Å². The molecule has 0 N–H and O–H groups in total. The van der Waals surface area contributed by atoms with Gasteiger partial charge in [0.05, 0.1) is 16.7 Å². The maximum Gasteiger partial charge on any atom is 0.164 e. The first kappa shape index (κ1) is 31.9. The van der Waals surface area contributed by atoms with E-state index >= 15 is 0 Å². The highest BCUT2D eigenvalue weighted by molar-refractivity contribution is 6.15. The summed E-state index contributed by atoms with van der Waals surface area (Å²) in [5, 5.41) is 4.63. The molecule has 56 heavy (non-hydrogen) atoms. The molecule has 262 valence electrons. The Morgan fingerprint density at radius 3 is 1.66 bits per heavy atom. The average molecular weight is 717 g/mol. The van der Waals surface area contributed by atoms with Crippen LogP contribution in [-0.2, 0) is 0 Å². The summed E-state index contributed by atoms with van der Waals surface area (Å²) in [5.74, 6) is 1.88. The van der Waals surface area contributed by atoms with Crippen LogP contribution >= 0.6 is 0 Å². The van der Waals surface area contributed by atoms with Crippen molar-refractivity contribution in [3.05, 3.63) is 194 Å². The second-order valence-electron chi connectivity index (χ2n) is 14.0. The Balaban J connectivity index is 1.14. The molecule has 0 fully saturated rings. The third-order valence-corrected chi connectivity index (χ3v) is 10.7. The van der Waals surface area contributed by atoms with Gasteiger partial charge in [0, 0.05) is 43.8 Å². The van der Waals surface area contributed by atoms with E-state index < -0.39 is 0 Å². The molecule has 0 spiro atoms. The highest BCUT2D eigenvalue weighted by Gasteiger charge is 2.21. The van der Waals surface area contributed by atoms with E-state index in [9.17, 15) is 0 Å². The minimum atomic E-state index is 0.619. The zero-order chi connectivity index (χ0) is 37.0. The molecule has 0 bridgehead atoms. The van der Waals surface area contributed by atoms with E-state index in [1.54, 1.807) is 0 Å². The molecule has 3 heterocycles. The fourth-order valence-electron chi connectivity index (χ4n) is 8.15. The van der Waals surface area contributed by atoms with Crippen LogP contribution in [0.15, 0.2) is 199 Å². The Labute approximate surface area is 322 Å². The third-order valence-electron chi connectivity index (χ3n) is 10.7. The highest BCUT2D eigenvalue weighted by atomic mass is 16.3. The zero-order valence-corrected chi connectivity index (χ0v) is 30.2. The van der Waals surface area contributed by atoms with Crippen LogP contribution in [0, 0.1) is 0 Å². The first-order valence-corrected chi connectivity index (χ1v) is 18.8. The lowest BCUT2D eigenvalue weighted by atomic mass is 9.97. The van der Waals surface area contributed by atoms with E-state index in [4.69, 9.17) is 19.4 Å². The van der Waals surface area contributed by atoms with E-state index in [0.29, 0.717) is 17.5 Å². The van der Waals surface area contributed by atoms with E-state index in [2.05, 4.69) is 126 Å². The summed E-state index contributed by atoms with van der Waals surface area (Å²) in [5.41, 5.74) is 12.3. The van der Waals surface area contributed by atoms with Crippen LogP contribution in [-0.4, -0.2) is 19.5 Å². The zero-order valence-electron chi connectivity index (χ0n) is 30.2. The van der Waals surface area contributed by atoms with Crippen LogP contribution in [0.5, 0.6) is 0 Å². The Morgan fingerprint density at radius 1 is 0.339 bits per heavy atom. The van der Waals surface area contributed by atoms with Crippen LogP contribution in [0.3, 0.4) is 0 Å². The Kier molecular flexibility index (Phi) is 7.42. The van der Waals surface area contributed by atoms with Crippen molar-refractivity contribution >= 4 is 43.7 Å². The second-order valence-corrected chi connectivity index (χ2v) is 14.0. The number of fused-ring (bicyclic) bond motifs is 6. The van der Waals surface area contributed by atoms with Crippen LogP contribution in [0.25, 0.3) is 106 Å². The molecule has 0 amide bonds. The van der Waals surface area contributed by atoms with Crippen LogP contribution < -0.4 is 0 Å². The lowest BCUT2D eigenvalue weighted by molar-refractivity contribution is 0.669. The standard InChI is InChI=1S/C51H32N4O/c1-3-16-33(17-4-1)49-52-50(34-18-5-2-6-19-34)54-51(53-49)41-23-8-7-20-37(41)38-21-9-12-26-43(38)55-44-27-13-10-22-39(44)40-31-30-35(32-45(40)55)36-25-15-29-47-48(36)42-24-11-14-28-46(42)56-47/h1-32H. The molecule has 0 saturated heterocycles. The maximum absolute atomic E-state index is 6.30. The molecule has 5 heteroatoms. The van der Waals surface area contributed by atoms with Gasteiger partial charge in [-0.2, -0.15) is 0 Å². The Bertz CT molecular complexity index is 3200. The molecule has 8 aromatic carbocycles. The van der Waals surface area contributed by atoms with Gasteiger partial charge in [-0.15, -0.1) is 0 Å². The SMILES string of the molecule is c1ccc(-c2nc(-c3ccccc3)nc(-c3ccccc3-c3ccccc3-n3c4ccccc4c4ccc(-c5cccc6oc7ccccc7c56)cc43)n2)cc1. The van der Waals surface area contributed by atoms with Gasteiger partial charge in [0.1, 0.15) is 11.2 Å². The number of nitrogens with zero attached hydrogens (tertiary/aromatic N) is 4. The predicted octanol–water partition coefficient (Wildman–Crippen LogP) is 13.2. The number of para-hydroxylation sites is 3. The van der Waals surface area contributed by atoms with Crippen LogP contribution in [0.4, 0.5) is 0 Å². The molecule has 0 radical (unpaired) electrons. The Morgan fingerprint density at radius 2 is 0.893 bits per heavy atom. The molecule has 0 unspecified atom stereocenters. The summed E-state index contributed by atoms with van der Waals surface area (Å²) < 4.78 is 8.71. The number of aromatic nitrogens is 4. The van der Waals surface area contributed by atoms with Gasteiger partial charge in [-0.25, -0.2) is 15.0 Å². The monoisotopic (exact) mass is 716 g/mol. The van der Waals surface area contributed by atoms with Gasteiger partial charge < -0.3 is 8.98 Å². The molecule has 5 nitrogen and oxygen atoms in total. The summed E-state index contributed by atoms with van der Waals surface area (Å²) in [6.07, 6.45) is 0. The fraction of sp³-hybridized carbons (Fsp3) is 0. The number of hydrogen-bond donors (Lipinski definition) is 0. The molecule has 0 aliphatic rings. The number of hydrogen-bond acceptors (Lipinski definition) is 4. The molecule has 11 aromatic rings. The molecule has 0 aliphatic heterocycles. The van der Waals surface area contributed by atoms with Crippen molar-refractivity contribution in [2.45, 2.75) is 0 Å². The quantitative estimate of drug-likeness (QED) is 0.172. The highest BCUT2D eigenvalue weighted by Crippen LogP contribution is 2.42. The molecule has 0 saturated carbocycles. The normalized spacial score (nSPS) is 11.6. The van der Waals surface area contributed by atoms with Gasteiger partial charge in [0.2, 0.25) is 0 Å². The van der Waals surface area contributed by atoms with Crippen molar-refractivity contribution in [2.24, 2.45) is 0 Å². The number of rotatable bonds is 6. The average Bonchev–Trinajstić information content (AvgIpc) is 3.82. The topological polar surface area (TPSA) is 56.7 Å². The molecular weight excluding hydrogens is 685 g/mol. The largest absolute Gasteiger partial charge is 0.456 e. The summed E-state index contributed by atoms with van der Waals surface area (Å²) in [7, 11) is 0. The first-order valence-electron chi connectivity index (χ1n) is 18.8. The molecular formula is C51H32N4O. The van der Waals surface area contributed by atoms with Crippen molar-refractivity contribution < 1.29 is 4.42 Å². The van der Waals surface area contributed by atoms with Gasteiger partial charge in [-0.3, -0.25) is 0 Å². The maximum atomic E-state index is 6.30. The molecule has 3 aromatic heterocycles. The lowest BCUT2D eigenvalue weighted by Crippen LogP contribution is -2.02. The number of furan rings is 1. The minimum Gasteiger partial charge on any atom is -0.456 e. The second kappa shape index (κ2) is 13.0. The summed E-state index contributed by atoms with van der Waals surface area (Å²) in [6, 6.07) is 67.5. The van der Waals surface area contributed by atoms with E-state index in [1.807, 2.05) is 72.8 Å². The van der Waals surface area contributed by atoms with Gasteiger partial charge in [-0.05, 0) is 47.0 Å². The van der Waals surface area contributed by atoms with Crippen molar-refractivity contribution in [3.63, 3.8) is 0 Å². The smallest absolute Gasteiger partial charge is 0.164 e. The fourth-order valence-corrected chi connectivity index (χ4v) is 8.15. The van der Waals surface area contributed by atoms with Crippen molar-refractivity contribution in [3.8, 4) is 62.1 Å². The van der Waals surface area contributed by atoms with Crippen LogP contribution in [0.2, 0.25) is 0 Å². The molecule has 11 rings (SSSR count). The van der Waals surface area contributed by atoms with Crippen molar-refractivity contribution in [2.75, 3.05) is 0 Å². The van der Waals surface area contributed by atoms with Gasteiger partial charge in [0.25, 0.3) is 0 Å². The first-order chi connectivity index (χ1) is 27.8. The van der Waals surface area contributed by atoms with Crippen molar-refractivity contribution in [1.82, 2.24) is 19.5 Å². The molecule has 0 aliphatic carbocycles. The predicted molar refractivity (Wildman–Crippen MR) is 229 cm³/mol. The summed E-state index contributed by atoms with van der Waals surface area (Å²) >= 11 is 0. The van der Waals surface area contributed by atoms with E-state index in [1.165, 1.54) is 10.8 Å². The van der Waals surface area contributed by atoms with Gasteiger partial charge >= 0.3 is 0 Å². The van der Waals surface area contributed by atoms with E-state index in [-0.39, 0.29) is 0 Å². The van der Waals surface area contributed by atoms with E-state index in [0.717, 1.165) is 77.6 Å². The summed E-state index contributed by atoms with van der Waals surface area (Å²) in [6.45, 7) is 0.